The molecule has 0 radical (unpaired) electrons. The molecule has 5 nitrogen and oxygen atoms in total. The van der Waals surface area contributed by atoms with E-state index in [1.807, 2.05) is 18.2 Å². The Morgan fingerprint density at radius 1 is 1.26 bits per heavy atom. The number of para-hydroxylation sites is 1. The molecule has 0 aliphatic heterocycles. The molecule has 1 aromatic carbocycles. The predicted octanol–water partition coefficient (Wildman–Crippen LogP) is 3.03. The normalized spacial score (nSPS) is 14.9. The number of hydrogen-bond acceptors (Lipinski definition) is 3. The minimum atomic E-state index is -0.150. The molecule has 0 atom stereocenters. The molecule has 0 amide bonds. The van der Waals surface area contributed by atoms with Gasteiger partial charge < -0.3 is 4.57 Å². The van der Waals surface area contributed by atoms with E-state index in [1.165, 1.54) is 35.2 Å². The summed E-state index contributed by atoms with van der Waals surface area (Å²) in [6, 6.07) is 10.1. The molecule has 1 fully saturated rings. The van der Waals surface area contributed by atoms with Crippen LogP contribution >= 0.6 is 0 Å². The standard InChI is InChI=1S/C18H18N4O/c1-12-9-14(13(2)22(12)15-7-8-15)10-20-21-11-19-17-6-4-3-5-16(17)18(21)23/h3-6,9-11,15H,7-8H2,1-2H3/b20-10+. The summed E-state index contributed by atoms with van der Waals surface area (Å²) in [7, 11) is 0. The first-order valence-corrected chi connectivity index (χ1v) is 7.84. The molecule has 1 aliphatic carbocycles. The van der Waals surface area contributed by atoms with Gasteiger partial charge in [0.1, 0.15) is 6.33 Å². The first-order chi connectivity index (χ1) is 11.1. The van der Waals surface area contributed by atoms with Crippen molar-refractivity contribution in [1.29, 1.82) is 0 Å². The maximum absolute atomic E-state index is 12.4. The largest absolute Gasteiger partial charge is 0.345 e. The summed E-state index contributed by atoms with van der Waals surface area (Å²) >= 11 is 0. The molecule has 0 spiro atoms. The number of aromatic nitrogens is 3. The smallest absolute Gasteiger partial charge is 0.281 e. The Bertz CT molecular complexity index is 976. The van der Waals surface area contributed by atoms with Gasteiger partial charge in [-0.15, -0.1) is 0 Å². The van der Waals surface area contributed by atoms with Crippen LogP contribution in [0.3, 0.4) is 0 Å². The molecular formula is C18H18N4O. The van der Waals surface area contributed by atoms with Crippen LogP contribution in [0.5, 0.6) is 0 Å². The SMILES string of the molecule is Cc1cc(/C=N/n2cnc3ccccc3c2=O)c(C)n1C1CC1. The minimum Gasteiger partial charge on any atom is -0.345 e. The van der Waals surface area contributed by atoms with Gasteiger partial charge in [-0.05, 0) is 44.9 Å². The Labute approximate surface area is 133 Å². The predicted molar refractivity (Wildman–Crippen MR) is 91.2 cm³/mol. The number of benzene rings is 1. The number of rotatable bonds is 3. The molecule has 116 valence electrons. The van der Waals surface area contributed by atoms with E-state index in [1.54, 1.807) is 12.3 Å². The van der Waals surface area contributed by atoms with Crippen molar-refractivity contribution < 1.29 is 0 Å². The zero-order chi connectivity index (χ0) is 16.0. The van der Waals surface area contributed by atoms with Crippen LogP contribution in [0.25, 0.3) is 10.9 Å². The Balaban J connectivity index is 1.73. The van der Waals surface area contributed by atoms with Crippen molar-refractivity contribution in [3.63, 3.8) is 0 Å². The Kier molecular flexibility index (Phi) is 3.15. The van der Waals surface area contributed by atoms with E-state index in [2.05, 4.69) is 34.6 Å². The van der Waals surface area contributed by atoms with Crippen molar-refractivity contribution in [2.75, 3.05) is 0 Å². The number of aryl methyl sites for hydroxylation is 1. The summed E-state index contributed by atoms with van der Waals surface area (Å²) in [6.07, 6.45) is 5.72. The second-order valence-electron chi connectivity index (χ2n) is 6.08. The highest BCUT2D eigenvalue weighted by Crippen LogP contribution is 2.38. The van der Waals surface area contributed by atoms with Crippen LogP contribution in [-0.2, 0) is 0 Å². The van der Waals surface area contributed by atoms with Crippen molar-refractivity contribution in [2.45, 2.75) is 32.7 Å². The van der Waals surface area contributed by atoms with Crippen LogP contribution < -0.4 is 5.56 Å². The fourth-order valence-electron chi connectivity index (χ4n) is 3.09. The summed E-state index contributed by atoms with van der Waals surface area (Å²) in [4.78, 5) is 16.7. The van der Waals surface area contributed by atoms with E-state index in [-0.39, 0.29) is 5.56 Å². The third kappa shape index (κ3) is 2.38. The summed E-state index contributed by atoms with van der Waals surface area (Å²) in [5, 5.41) is 4.90. The summed E-state index contributed by atoms with van der Waals surface area (Å²) in [6.45, 7) is 4.22. The van der Waals surface area contributed by atoms with Gasteiger partial charge in [0.2, 0.25) is 0 Å². The molecule has 2 aromatic heterocycles. The van der Waals surface area contributed by atoms with E-state index in [4.69, 9.17) is 0 Å². The molecule has 1 saturated carbocycles. The maximum Gasteiger partial charge on any atom is 0.281 e. The fourth-order valence-corrected chi connectivity index (χ4v) is 3.09. The quantitative estimate of drug-likeness (QED) is 0.698. The van der Waals surface area contributed by atoms with Crippen molar-refractivity contribution >= 4 is 17.1 Å². The van der Waals surface area contributed by atoms with Crippen molar-refractivity contribution in [3.05, 3.63) is 64.0 Å². The molecule has 23 heavy (non-hydrogen) atoms. The Hall–Kier alpha value is -2.69. The molecule has 0 saturated heterocycles. The van der Waals surface area contributed by atoms with Gasteiger partial charge in [-0.2, -0.15) is 9.78 Å². The third-order valence-electron chi connectivity index (χ3n) is 4.41. The van der Waals surface area contributed by atoms with Crippen LogP contribution in [0.2, 0.25) is 0 Å². The molecule has 0 N–H and O–H groups in total. The van der Waals surface area contributed by atoms with E-state index in [0.717, 1.165) is 5.56 Å². The maximum atomic E-state index is 12.4. The van der Waals surface area contributed by atoms with Gasteiger partial charge in [0.25, 0.3) is 5.56 Å². The molecule has 3 aromatic rings. The second-order valence-corrected chi connectivity index (χ2v) is 6.08. The van der Waals surface area contributed by atoms with Crippen LogP contribution in [0.15, 0.2) is 46.6 Å². The topological polar surface area (TPSA) is 52.2 Å². The number of nitrogens with zero attached hydrogens (tertiary/aromatic N) is 4. The lowest BCUT2D eigenvalue weighted by Gasteiger charge is -2.06. The van der Waals surface area contributed by atoms with Crippen molar-refractivity contribution in [3.8, 4) is 0 Å². The lowest BCUT2D eigenvalue weighted by molar-refractivity contribution is 0.699. The molecule has 1 aliphatic rings. The third-order valence-corrected chi connectivity index (χ3v) is 4.41. The molecule has 0 bridgehead atoms. The lowest BCUT2D eigenvalue weighted by atomic mass is 10.2. The molecule has 2 heterocycles. The van der Waals surface area contributed by atoms with Crippen molar-refractivity contribution in [2.24, 2.45) is 5.10 Å². The number of fused-ring (bicyclic) bond motifs is 1. The average molecular weight is 306 g/mol. The van der Waals surface area contributed by atoms with Gasteiger partial charge in [-0.1, -0.05) is 12.1 Å². The van der Waals surface area contributed by atoms with E-state index >= 15 is 0 Å². The van der Waals surface area contributed by atoms with Crippen molar-refractivity contribution in [1.82, 2.24) is 14.2 Å². The van der Waals surface area contributed by atoms with Gasteiger partial charge in [-0.25, -0.2) is 4.98 Å². The highest BCUT2D eigenvalue weighted by molar-refractivity contribution is 5.82. The minimum absolute atomic E-state index is 0.150. The zero-order valence-electron chi connectivity index (χ0n) is 13.2. The fraction of sp³-hybridized carbons (Fsp3) is 0.278. The lowest BCUT2D eigenvalue weighted by Crippen LogP contribution is -2.17. The number of hydrogen-bond donors (Lipinski definition) is 0. The van der Waals surface area contributed by atoms with Gasteiger partial charge in [0, 0.05) is 23.0 Å². The van der Waals surface area contributed by atoms with E-state index in [0.29, 0.717) is 16.9 Å². The van der Waals surface area contributed by atoms with Crippen LogP contribution in [0.4, 0.5) is 0 Å². The van der Waals surface area contributed by atoms with E-state index < -0.39 is 0 Å². The Morgan fingerprint density at radius 3 is 2.83 bits per heavy atom. The first kappa shape index (κ1) is 13.9. The zero-order valence-corrected chi connectivity index (χ0v) is 13.2. The van der Waals surface area contributed by atoms with Crippen LogP contribution in [0, 0.1) is 13.8 Å². The summed E-state index contributed by atoms with van der Waals surface area (Å²) in [5.41, 5.74) is 4.04. The van der Waals surface area contributed by atoms with E-state index in [9.17, 15) is 4.79 Å². The highest BCUT2D eigenvalue weighted by Gasteiger charge is 2.26. The molecular weight excluding hydrogens is 288 g/mol. The van der Waals surface area contributed by atoms with Gasteiger partial charge in [-0.3, -0.25) is 4.79 Å². The first-order valence-electron chi connectivity index (χ1n) is 7.84. The summed E-state index contributed by atoms with van der Waals surface area (Å²) in [5.74, 6) is 0. The van der Waals surface area contributed by atoms with Crippen LogP contribution in [-0.4, -0.2) is 20.4 Å². The van der Waals surface area contributed by atoms with Gasteiger partial charge in [0.05, 0.1) is 17.1 Å². The van der Waals surface area contributed by atoms with Crippen LogP contribution in [0.1, 0.15) is 35.8 Å². The molecule has 0 unspecified atom stereocenters. The van der Waals surface area contributed by atoms with Gasteiger partial charge >= 0.3 is 0 Å². The Morgan fingerprint density at radius 2 is 2.04 bits per heavy atom. The average Bonchev–Trinajstić information content (AvgIpc) is 3.34. The molecule has 5 heteroatoms. The van der Waals surface area contributed by atoms with Gasteiger partial charge in [0.15, 0.2) is 0 Å². The second kappa shape index (κ2) is 5.19. The molecule has 4 rings (SSSR count). The summed E-state index contributed by atoms with van der Waals surface area (Å²) < 4.78 is 3.66. The monoisotopic (exact) mass is 306 g/mol. The highest BCUT2D eigenvalue weighted by atomic mass is 16.1.